The van der Waals surface area contributed by atoms with Gasteiger partial charge in [-0.2, -0.15) is 8.42 Å². The Kier molecular flexibility index (Phi) is 23.7. The number of nitrogens with one attached hydrogen (secondary N) is 2. The van der Waals surface area contributed by atoms with Gasteiger partial charge in [0.15, 0.2) is 0 Å². The molecule has 11 heteroatoms. The summed E-state index contributed by atoms with van der Waals surface area (Å²) in [5.41, 5.74) is 1.31. The van der Waals surface area contributed by atoms with Crippen LogP contribution in [-0.4, -0.2) is 98.0 Å². The summed E-state index contributed by atoms with van der Waals surface area (Å²) in [6, 6.07) is 8.86. The van der Waals surface area contributed by atoms with Gasteiger partial charge in [-0.3, -0.25) is 14.1 Å². The standard InChI is InChI=1S/C10H20N2O.C8H8O3S.C4H7NO.C2H3.ClH.Na/c1-9(2)10(13)11-7-6-8-12(3,4)5;9-12(10,11)7-6-8-4-2-1-3-5-8;6-4-2-1-3-5-4;1-2;;/h1,6-8H2,2-5H3;1-7H,(H,9,10,11);1-3H2,(H,5,6);1H,2H2;1H;. The zero-order chi connectivity index (χ0) is 26.6. The second-order valence-corrected chi connectivity index (χ2v) is 10.6. The van der Waals surface area contributed by atoms with Crippen LogP contribution in [0.4, 0.5) is 0 Å². The van der Waals surface area contributed by atoms with Crippen LogP contribution >= 0.6 is 0 Å². The number of quaternary nitrogens is 1. The second-order valence-electron chi connectivity index (χ2n) is 8.49. The maximum absolute atomic E-state index is 11.1. The van der Waals surface area contributed by atoms with Crippen LogP contribution in [0.3, 0.4) is 0 Å². The Bertz CT molecular complexity index is 878. The van der Waals surface area contributed by atoms with Crippen molar-refractivity contribution in [1.29, 1.82) is 0 Å². The van der Waals surface area contributed by atoms with Crippen LogP contribution in [0.1, 0.15) is 31.7 Å². The molecule has 0 unspecified atom stereocenters. The van der Waals surface area contributed by atoms with E-state index in [-0.39, 0.29) is 24.2 Å². The van der Waals surface area contributed by atoms with Crippen molar-refractivity contribution < 1.29 is 39.4 Å². The molecule has 0 atom stereocenters. The Labute approximate surface area is 235 Å². The van der Waals surface area contributed by atoms with Gasteiger partial charge in [0, 0.05) is 31.5 Å². The van der Waals surface area contributed by atoms with E-state index in [2.05, 4.69) is 44.9 Å². The van der Waals surface area contributed by atoms with Gasteiger partial charge in [0.1, 0.15) is 0 Å². The van der Waals surface area contributed by atoms with E-state index >= 15 is 0 Å². The van der Waals surface area contributed by atoms with Gasteiger partial charge in [-0.1, -0.05) is 36.9 Å². The van der Waals surface area contributed by atoms with E-state index in [9.17, 15) is 18.0 Å². The first kappa shape index (κ1) is 38.1. The summed E-state index contributed by atoms with van der Waals surface area (Å²) < 4.78 is 31.7. The van der Waals surface area contributed by atoms with Crippen molar-refractivity contribution >= 4 is 55.9 Å². The average molecular weight is 540 g/mol. The minimum Gasteiger partial charge on any atom is -1.00 e. The summed E-state index contributed by atoms with van der Waals surface area (Å²) in [7, 11) is 2.42. The van der Waals surface area contributed by atoms with E-state index in [0.717, 1.165) is 82.3 Å². The van der Waals surface area contributed by atoms with Crippen molar-refractivity contribution in [3.8, 4) is 0 Å². The number of carbonyl (C=O) groups excluding carboxylic acids is 2. The SMILES string of the molecule is C=C(C)C(=O)NCCC[N+](C)(C)C.C=[CH][Na].O=C1CCCN1.O=S(=O)(O)C=Cc1ccccc1.[Cl-]. The number of hydrogen-bond donors (Lipinski definition) is 3. The summed E-state index contributed by atoms with van der Waals surface area (Å²) in [5, 5.41) is 6.24. The van der Waals surface area contributed by atoms with Gasteiger partial charge in [0.05, 0.1) is 33.1 Å². The Balaban J connectivity index is -0.000000428. The molecular formula is C24H39ClN3NaO5S. The monoisotopic (exact) mass is 539 g/mol. The molecule has 3 N–H and O–H groups in total. The predicted molar refractivity (Wildman–Crippen MR) is 141 cm³/mol. The van der Waals surface area contributed by atoms with Crippen molar-refractivity contribution in [2.24, 2.45) is 0 Å². The Morgan fingerprint density at radius 1 is 1.26 bits per heavy atom. The topological polar surface area (TPSA) is 113 Å². The smallest absolute Gasteiger partial charge is 0.287 e. The van der Waals surface area contributed by atoms with E-state index in [0.29, 0.717) is 5.57 Å². The number of amides is 2. The number of carbonyl (C=O) groups is 2. The third-order valence-corrected chi connectivity index (χ3v) is 4.29. The fraction of sp³-hybridized carbons (Fsp3) is 0.417. The molecule has 1 saturated heterocycles. The molecule has 0 bridgehead atoms. The van der Waals surface area contributed by atoms with E-state index in [1.807, 2.05) is 9.39 Å². The molecule has 0 saturated carbocycles. The summed E-state index contributed by atoms with van der Waals surface area (Å²) >= 11 is 1.13. The molecule has 35 heavy (non-hydrogen) atoms. The van der Waals surface area contributed by atoms with Crippen molar-refractivity contribution in [1.82, 2.24) is 10.6 Å². The van der Waals surface area contributed by atoms with E-state index < -0.39 is 10.1 Å². The van der Waals surface area contributed by atoms with Crippen molar-refractivity contribution in [3.05, 3.63) is 63.4 Å². The summed E-state index contributed by atoms with van der Waals surface area (Å²) in [5.74, 6) is 0.163. The largest absolute Gasteiger partial charge is 1.00 e. The molecule has 1 aromatic rings. The molecule has 1 heterocycles. The normalized spacial score (nSPS) is 12.3. The molecule has 0 aromatic heterocycles. The Morgan fingerprint density at radius 2 is 1.80 bits per heavy atom. The van der Waals surface area contributed by atoms with Gasteiger partial charge in [-0.05, 0) is 25.0 Å². The maximum atomic E-state index is 11.1. The molecular weight excluding hydrogens is 501 g/mol. The molecule has 2 rings (SSSR count). The fourth-order valence-electron chi connectivity index (χ4n) is 2.20. The van der Waals surface area contributed by atoms with Crippen molar-refractivity contribution in [3.63, 3.8) is 0 Å². The molecule has 0 radical (unpaired) electrons. The van der Waals surface area contributed by atoms with Gasteiger partial charge in [0.2, 0.25) is 11.8 Å². The van der Waals surface area contributed by atoms with Gasteiger partial charge in [-0.25, -0.2) is 0 Å². The Morgan fingerprint density at radius 3 is 2.14 bits per heavy atom. The molecule has 8 nitrogen and oxygen atoms in total. The first-order chi connectivity index (χ1) is 15.7. The summed E-state index contributed by atoms with van der Waals surface area (Å²) in [6.07, 6.45) is 4.09. The van der Waals surface area contributed by atoms with Crippen LogP contribution in [0.2, 0.25) is 0 Å². The number of halogens is 1. The molecule has 1 aliphatic rings. The number of rotatable bonds is 7. The zero-order valence-electron chi connectivity index (χ0n) is 21.6. The molecule has 1 aliphatic heterocycles. The van der Waals surface area contributed by atoms with Gasteiger partial charge < -0.3 is 27.5 Å². The van der Waals surface area contributed by atoms with Crippen LogP contribution in [0.5, 0.6) is 0 Å². The van der Waals surface area contributed by atoms with Crippen LogP contribution in [0, 0.1) is 0 Å². The van der Waals surface area contributed by atoms with E-state index in [1.54, 1.807) is 31.2 Å². The Hall–Kier alpha value is -1.46. The van der Waals surface area contributed by atoms with Crippen molar-refractivity contribution in [2.75, 3.05) is 40.8 Å². The van der Waals surface area contributed by atoms with Gasteiger partial charge in [-0.15, -0.1) is 0 Å². The molecule has 0 aliphatic carbocycles. The zero-order valence-corrected chi connectivity index (χ0v) is 25.2. The molecule has 1 fully saturated rings. The fourth-order valence-corrected chi connectivity index (χ4v) is 2.53. The molecule has 2 amide bonds. The first-order valence-corrected chi connectivity index (χ1v) is 13.7. The first-order valence-electron chi connectivity index (χ1n) is 11.0. The van der Waals surface area contributed by atoms with Crippen LogP contribution in [0.25, 0.3) is 6.08 Å². The van der Waals surface area contributed by atoms with Crippen LogP contribution < -0.4 is 23.0 Å². The second kappa shape index (κ2) is 21.8. The average Bonchev–Trinajstić information content (AvgIpc) is 3.21. The minimum atomic E-state index is -4.00. The molecule has 0 spiro atoms. The molecule has 1 aromatic carbocycles. The quantitative estimate of drug-likeness (QED) is 0.142. The molecule has 194 valence electrons. The van der Waals surface area contributed by atoms with Crippen LogP contribution in [-0.2, 0) is 19.7 Å². The number of hydrogen-bond acceptors (Lipinski definition) is 4. The van der Waals surface area contributed by atoms with E-state index in [1.165, 1.54) is 6.08 Å². The third-order valence-electron chi connectivity index (χ3n) is 3.81. The van der Waals surface area contributed by atoms with Gasteiger partial charge in [0.25, 0.3) is 10.1 Å². The van der Waals surface area contributed by atoms with Gasteiger partial charge >= 0.3 is 37.8 Å². The third kappa shape index (κ3) is 30.5. The van der Waals surface area contributed by atoms with Crippen molar-refractivity contribution in [2.45, 2.75) is 26.2 Å². The van der Waals surface area contributed by atoms with Crippen LogP contribution in [0.15, 0.2) is 57.8 Å². The summed E-state index contributed by atoms with van der Waals surface area (Å²) in [4.78, 5) is 21.2. The number of benzene rings is 1. The predicted octanol–water partition coefficient (Wildman–Crippen LogP) is -0.481. The minimum absolute atomic E-state index is 0. The summed E-state index contributed by atoms with van der Waals surface area (Å²) in [6.45, 7) is 11.4. The maximum Gasteiger partial charge on any atom is 0.287 e. The van der Waals surface area contributed by atoms with E-state index in [4.69, 9.17) is 4.55 Å². The number of nitrogens with zero attached hydrogens (tertiary/aromatic N) is 1.